The first-order chi connectivity index (χ1) is 24.0. The van der Waals surface area contributed by atoms with Crippen molar-refractivity contribution in [3.63, 3.8) is 0 Å². The van der Waals surface area contributed by atoms with Crippen molar-refractivity contribution in [1.82, 2.24) is 19.1 Å². The largest absolute Gasteiger partial charge is 0.449 e. The molecule has 5 amide bonds. The molecular weight excluding hydrogens is 668 g/mol. The van der Waals surface area contributed by atoms with Gasteiger partial charge in [0.05, 0.1) is 52.1 Å². The van der Waals surface area contributed by atoms with Gasteiger partial charge in [0.25, 0.3) is 29.5 Å². The quantitative estimate of drug-likeness (QED) is 0.178. The third-order valence-electron chi connectivity index (χ3n) is 8.12. The van der Waals surface area contributed by atoms with E-state index >= 15 is 0 Å². The Morgan fingerprint density at radius 3 is 2.46 bits per heavy atom. The van der Waals surface area contributed by atoms with Crippen LogP contribution in [0.3, 0.4) is 0 Å². The van der Waals surface area contributed by atoms with Crippen molar-refractivity contribution in [2.75, 3.05) is 28.3 Å². The molecule has 2 atom stereocenters. The summed E-state index contributed by atoms with van der Waals surface area (Å²) in [5, 5.41) is 7.35. The molecule has 17 heteroatoms. The zero-order valence-electron chi connectivity index (χ0n) is 26.4. The summed E-state index contributed by atoms with van der Waals surface area (Å²) in [6.45, 7) is 2.97. The summed E-state index contributed by atoms with van der Waals surface area (Å²) in [5.74, 6) is -4.37. The monoisotopic (exact) mass is 694 g/mol. The zero-order valence-corrected chi connectivity index (χ0v) is 27.2. The van der Waals surface area contributed by atoms with Crippen LogP contribution >= 0.6 is 11.5 Å². The highest BCUT2D eigenvalue weighted by atomic mass is 32.1. The first-order valence-corrected chi connectivity index (χ1v) is 15.9. The van der Waals surface area contributed by atoms with Gasteiger partial charge in [-0.25, -0.2) is 9.58 Å². The van der Waals surface area contributed by atoms with Crippen LogP contribution in [0.2, 0.25) is 0 Å². The number of hydrogen-bond acceptors (Lipinski definition) is 12. The minimum absolute atomic E-state index is 0.00290. The molecule has 3 aromatic heterocycles. The molecule has 0 radical (unpaired) electrons. The first-order valence-electron chi connectivity index (χ1n) is 15.1. The number of carbonyl (C=O) groups is 6. The summed E-state index contributed by atoms with van der Waals surface area (Å²) < 4.78 is 17.1. The number of carbonyl (C=O) groups excluding carboxylic acids is 6. The third-order valence-corrected chi connectivity index (χ3v) is 8.99. The molecule has 5 aromatic rings. The number of fused-ring (bicyclic) bond motifs is 2. The van der Waals surface area contributed by atoms with E-state index in [1.807, 2.05) is 0 Å². The van der Waals surface area contributed by atoms with Crippen LogP contribution in [0.25, 0.3) is 15.8 Å². The maximum atomic E-state index is 13.8. The van der Waals surface area contributed by atoms with Gasteiger partial charge in [0, 0.05) is 30.3 Å². The highest BCUT2D eigenvalue weighted by Crippen LogP contribution is 2.39. The average Bonchev–Trinajstić information content (AvgIpc) is 3.77. The molecule has 0 aliphatic carbocycles. The van der Waals surface area contributed by atoms with Gasteiger partial charge in [-0.2, -0.15) is 4.37 Å². The number of imide groups is 1. The Kier molecular flexibility index (Phi) is 8.12. The Morgan fingerprint density at radius 1 is 1.06 bits per heavy atom. The van der Waals surface area contributed by atoms with Crippen molar-refractivity contribution in [2.24, 2.45) is 5.73 Å². The van der Waals surface area contributed by atoms with Crippen LogP contribution in [0.15, 0.2) is 67.0 Å². The normalized spacial score (nSPS) is 16.4. The minimum atomic E-state index is -1.78. The van der Waals surface area contributed by atoms with E-state index in [1.165, 1.54) is 29.2 Å². The summed E-state index contributed by atoms with van der Waals surface area (Å²) >= 11 is 0.795. The van der Waals surface area contributed by atoms with Gasteiger partial charge in [0.1, 0.15) is 0 Å². The number of nitrogens with one attached hydrogen (secondary N) is 1. The SMILES string of the molecule is CC(=O)OC(C(=O)Nc1ccc2c(N3C(=O)c4ccccc4C3=O)nsc2c1C(N)=O)C1OCCN(c2cc(C)n(-c3cccnc3)n2)C1=O. The van der Waals surface area contributed by atoms with Gasteiger partial charge >= 0.3 is 5.97 Å². The van der Waals surface area contributed by atoms with Gasteiger partial charge in [-0.3, -0.25) is 38.7 Å². The lowest BCUT2D eigenvalue weighted by atomic mass is 10.1. The highest BCUT2D eigenvalue weighted by Gasteiger charge is 2.44. The van der Waals surface area contributed by atoms with E-state index in [4.69, 9.17) is 15.2 Å². The van der Waals surface area contributed by atoms with Gasteiger partial charge in [0.2, 0.25) is 6.10 Å². The predicted octanol–water partition coefficient (Wildman–Crippen LogP) is 2.39. The third kappa shape index (κ3) is 5.43. The van der Waals surface area contributed by atoms with E-state index in [1.54, 1.807) is 54.3 Å². The number of ether oxygens (including phenoxy) is 2. The van der Waals surface area contributed by atoms with Gasteiger partial charge in [-0.15, -0.1) is 5.10 Å². The van der Waals surface area contributed by atoms with Crippen LogP contribution in [-0.2, 0) is 23.9 Å². The number of esters is 1. The number of morpholine rings is 1. The second-order valence-corrected chi connectivity index (χ2v) is 12.1. The van der Waals surface area contributed by atoms with Crippen molar-refractivity contribution >= 4 is 74.4 Å². The molecule has 0 spiro atoms. The highest BCUT2D eigenvalue weighted by molar-refractivity contribution is 7.14. The van der Waals surface area contributed by atoms with E-state index < -0.39 is 47.7 Å². The van der Waals surface area contributed by atoms with Crippen molar-refractivity contribution in [2.45, 2.75) is 26.1 Å². The molecule has 2 aliphatic heterocycles. The maximum Gasteiger partial charge on any atom is 0.303 e. The molecule has 50 heavy (non-hydrogen) atoms. The van der Waals surface area contributed by atoms with Crippen LogP contribution in [-0.4, -0.2) is 80.0 Å². The first kappa shape index (κ1) is 32.2. The smallest absolute Gasteiger partial charge is 0.303 e. The van der Waals surface area contributed by atoms with E-state index in [9.17, 15) is 28.8 Å². The molecule has 2 aliphatic rings. The Bertz CT molecular complexity index is 2220. The van der Waals surface area contributed by atoms with Crippen molar-refractivity contribution in [3.05, 3.63) is 89.4 Å². The van der Waals surface area contributed by atoms with Crippen molar-refractivity contribution in [3.8, 4) is 5.69 Å². The summed E-state index contributed by atoms with van der Waals surface area (Å²) in [5.41, 5.74) is 7.30. The van der Waals surface area contributed by atoms with Crippen LogP contribution < -0.4 is 20.9 Å². The van der Waals surface area contributed by atoms with Crippen LogP contribution in [0.4, 0.5) is 17.3 Å². The number of pyridine rings is 1. The molecule has 1 saturated heterocycles. The van der Waals surface area contributed by atoms with Crippen molar-refractivity contribution in [1.29, 1.82) is 0 Å². The van der Waals surface area contributed by atoms with Gasteiger partial charge in [-0.05, 0) is 54.9 Å². The minimum Gasteiger partial charge on any atom is -0.449 e. The average molecular weight is 695 g/mol. The molecule has 2 aromatic carbocycles. The number of rotatable bonds is 8. The lowest BCUT2D eigenvalue weighted by Gasteiger charge is -2.34. The number of nitrogens with two attached hydrogens (primary N) is 1. The predicted molar refractivity (Wildman–Crippen MR) is 178 cm³/mol. The Morgan fingerprint density at radius 2 is 1.80 bits per heavy atom. The number of aromatic nitrogens is 4. The van der Waals surface area contributed by atoms with Crippen LogP contribution in [0.5, 0.6) is 0 Å². The zero-order chi connectivity index (χ0) is 35.3. The number of aryl methyl sites for hydroxylation is 1. The summed E-state index contributed by atoms with van der Waals surface area (Å²) in [4.78, 5) is 85.2. The maximum absolute atomic E-state index is 13.8. The second-order valence-electron chi connectivity index (χ2n) is 11.3. The van der Waals surface area contributed by atoms with Crippen molar-refractivity contribution < 1.29 is 38.2 Å². The van der Waals surface area contributed by atoms with Gasteiger partial charge < -0.3 is 20.5 Å². The number of anilines is 3. The molecule has 252 valence electrons. The molecule has 3 N–H and O–H groups in total. The topological polar surface area (TPSA) is 209 Å². The fourth-order valence-corrected chi connectivity index (χ4v) is 6.82. The van der Waals surface area contributed by atoms with E-state index in [0.29, 0.717) is 11.4 Å². The van der Waals surface area contributed by atoms with Crippen LogP contribution in [0, 0.1) is 6.92 Å². The fourth-order valence-electron chi connectivity index (χ4n) is 5.90. The van der Waals surface area contributed by atoms with E-state index in [0.717, 1.165) is 23.4 Å². The molecule has 0 bridgehead atoms. The molecule has 0 saturated carbocycles. The molecular formula is C33H26N8O8S. The number of nitrogens with zero attached hydrogens (tertiary/aromatic N) is 6. The summed E-state index contributed by atoms with van der Waals surface area (Å²) in [6.07, 6.45) is -0.113. The number of benzene rings is 2. The van der Waals surface area contributed by atoms with Crippen LogP contribution in [0.1, 0.15) is 43.7 Å². The number of amides is 5. The lowest BCUT2D eigenvalue weighted by molar-refractivity contribution is -0.167. The molecule has 16 nitrogen and oxygen atoms in total. The standard InChI is InChI=1S/C33H26N8O8S/c1-16-14-23(37-41(16)18-6-5-11-35-15-18)39-12-13-48-26(33(39)47)25(49-17(2)42)30(44)36-22-10-9-21-27(24(22)28(34)43)50-38-29(21)40-31(45)19-7-3-4-8-20(19)32(40)46/h3-11,14-15,25-26H,12-13H2,1-2H3,(H2,34,43)(H,36,44). The number of hydrogen-bond donors (Lipinski definition) is 2. The fraction of sp³-hybridized carbons (Fsp3) is 0.182. The molecule has 5 heterocycles. The molecule has 1 fully saturated rings. The summed E-state index contributed by atoms with van der Waals surface area (Å²) in [6, 6.07) is 14.4. The summed E-state index contributed by atoms with van der Waals surface area (Å²) in [7, 11) is 0. The van der Waals surface area contributed by atoms with Gasteiger partial charge in [0.15, 0.2) is 17.7 Å². The molecule has 7 rings (SSSR count). The molecule has 2 unspecified atom stereocenters. The Balaban J connectivity index is 1.18. The second kappa shape index (κ2) is 12.6. The van der Waals surface area contributed by atoms with E-state index in [2.05, 4.69) is 19.8 Å². The Hall–Kier alpha value is -6.33. The van der Waals surface area contributed by atoms with Gasteiger partial charge in [-0.1, -0.05) is 12.1 Å². The lowest BCUT2D eigenvalue weighted by Crippen LogP contribution is -2.56. The van der Waals surface area contributed by atoms with E-state index in [-0.39, 0.29) is 57.3 Å². The Labute approximate surface area is 286 Å². The number of primary amides is 1.